The van der Waals surface area contributed by atoms with Crippen LogP contribution in [0.25, 0.3) is 10.4 Å². The SMILES string of the molecule is C=C(C)C(=O)OCc1ccccc1-c1cccs1. The molecule has 0 radical (unpaired) electrons. The number of carbonyl (C=O) groups is 1. The molecule has 0 saturated carbocycles. The number of esters is 1. The molecular weight excluding hydrogens is 244 g/mol. The van der Waals surface area contributed by atoms with E-state index in [0.29, 0.717) is 5.57 Å². The van der Waals surface area contributed by atoms with Gasteiger partial charge in [0.05, 0.1) is 0 Å². The van der Waals surface area contributed by atoms with Crippen LogP contribution in [0.5, 0.6) is 0 Å². The van der Waals surface area contributed by atoms with E-state index in [1.807, 2.05) is 35.7 Å². The highest BCUT2D eigenvalue weighted by molar-refractivity contribution is 7.13. The van der Waals surface area contributed by atoms with Crippen molar-refractivity contribution in [2.75, 3.05) is 0 Å². The standard InChI is InChI=1S/C15H14O2S/c1-11(2)15(16)17-10-12-6-3-4-7-13(12)14-8-5-9-18-14/h3-9H,1,10H2,2H3. The lowest BCUT2D eigenvalue weighted by atomic mass is 10.1. The zero-order valence-corrected chi connectivity index (χ0v) is 11.0. The van der Waals surface area contributed by atoms with E-state index in [2.05, 4.69) is 12.6 Å². The van der Waals surface area contributed by atoms with E-state index in [9.17, 15) is 4.79 Å². The summed E-state index contributed by atoms with van der Waals surface area (Å²) in [4.78, 5) is 12.6. The second-order valence-electron chi connectivity index (χ2n) is 3.99. The van der Waals surface area contributed by atoms with E-state index in [1.54, 1.807) is 18.3 Å². The predicted molar refractivity (Wildman–Crippen MR) is 74.4 cm³/mol. The molecule has 0 N–H and O–H groups in total. The van der Waals surface area contributed by atoms with Gasteiger partial charge in [0.2, 0.25) is 0 Å². The van der Waals surface area contributed by atoms with Gasteiger partial charge < -0.3 is 4.74 Å². The third-order valence-electron chi connectivity index (χ3n) is 2.51. The number of rotatable bonds is 4. The molecule has 0 aliphatic heterocycles. The van der Waals surface area contributed by atoms with Crippen molar-refractivity contribution in [1.82, 2.24) is 0 Å². The van der Waals surface area contributed by atoms with Crippen molar-refractivity contribution in [2.45, 2.75) is 13.5 Å². The van der Waals surface area contributed by atoms with Crippen LogP contribution in [0.3, 0.4) is 0 Å². The second kappa shape index (κ2) is 5.65. The molecule has 0 bridgehead atoms. The fourth-order valence-electron chi connectivity index (χ4n) is 1.58. The van der Waals surface area contributed by atoms with Gasteiger partial charge in [0.25, 0.3) is 0 Å². The number of carbonyl (C=O) groups excluding carboxylic acids is 1. The topological polar surface area (TPSA) is 26.3 Å². The lowest BCUT2D eigenvalue weighted by molar-refractivity contribution is -0.140. The van der Waals surface area contributed by atoms with Crippen LogP contribution < -0.4 is 0 Å². The van der Waals surface area contributed by atoms with E-state index in [0.717, 1.165) is 11.1 Å². The minimum absolute atomic E-state index is 0.278. The molecule has 3 heteroatoms. The Morgan fingerprint density at radius 1 is 1.28 bits per heavy atom. The maximum atomic E-state index is 11.4. The first-order valence-corrected chi connectivity index (χ1v) is 6.51. The number of hydrogen-bond acceptors (Lipinski definition) is 3. The molecule has 18 heavy (non-hydrogen) atoms. The van der Waals surface area contributed by atoms with Gasteiger partial charge in [0, 0.05) is 10.5 Å². The Balaban J connectivity index is 2.19. The van der Waals surface area contributed by atoms with Crippen LogP contribution in [-0.2, 0) is 16.1 Å². The van der Waals surface area contributed by atoms with Crippen LogP contribution in [0, 0.1) is 0 Å². The molecular formula is C15H14O2S. The van der Waals surface area contributed by atoms with Crippen molar-refractivity contribution >= 4 is 17.3 Å². The van der Waals surface area contributed by atoms with Crippen molar-refractivity contribution in [3.05, 3.63) is 59.5 Å². The van der Waals surface area contributed by atoms with Gasteiger partial charge in [-0.1, -0.05) is 36.9 Å². The fourth-order valence-corrected chi connectivity index (χ4v) is 2.37. The molecule has 0 spiro atoms. The lowest BCUT2D eigenvalue weighted by Crippen LogP contribution is -2.05. The van der Waals surface area contributed by atoms with E-state index in [-0.39, 0.29) is 12.6 Å². The van der Waals surface area contributed by atoms with E-state index >= 15 is 0 Å². The monoisotopic (exact) mass is 258 g/mol. The minimum atomic E-state index is -0.351. The molecule has 1 aromatic heterocycles. The summed E-state index contributed by atoms with van der Waals surface area (Å²) in [5.41, 5.74) is 2.54. The minimum Gasteiger partial charge on any atom is -0.457 e. The van der Waals surface area contributed by atoms with Crippen LogP contribution in [0.1, 0.15) is 12.5 Å². The van der Waals surface area contributed by atoms with Crippen LogP contribution in [0.15, 0.2) is 53.9 Å². The molecule has 2 aromatic rings. The highest BCUT2D eigenvalue weighted by Crippen LogP contribution is 2.28. The van der Waals surface area contributed by atoms with Gasteiger partial charge in [-0.25, -0.2) is 4.79 Å². The summed E-state index contributed by atoms with van der Waals surface area (Å²) in [6, 6.07) is 12.0. The highest BCUT2D eigenvalue weighted by Gasteiger charge is 2.08. The zero-order chi connectivity index (χ0) is 13.0. The smallest absolute Gasteiger partial charge is 0.333 e. The maximum Gasteiger partial charge on any atom is 0.333 e. The second-order valence-corrected chi connectivity index (χ2v) is 4.94. The Hall–Kier alpha value is -1.87. The van der Waals surface area contributed by atoms with Gasteiger partial charge in [-0.15, -0.1) is 11.3 Å². The number of thiophene rings is 1. The summed E-state index contributed by atoms with van der Waals surface area (Å²) in [5.74, 6) is -0.351. The summed E-state index contributed by atoms with van der Waals surface area (Å²) < 4.78 is 5.19. The maximum absolute atomic E-state index is 11.4. The zero-order valence-electron chi connectivity index (χ0n) is 10.2. The average Bonchev–Trinajstić information content (AvgIpc) is 2.89. The quantitative estimate of drug-likeness (QED) is 0.611. The third-order valence-corrected chi connectivity index (χ3v) is 3.41. The summed E-state index contributed by atoms with van der Waals surface area (Å²) in [6.07, 6.45) is 0. The first-order valence-electron chi connectivity index (χ1n) is 5.63. The van der Waals surface area contributed by atoms with Gasteiger partial charge in [-0.3, -0.25) is 0 Å². The van der Waals surface area contributed by atoms with Crippen LogP contribution in [-0.4, -0.2) is 5.97 Å². The Labute approximate surface area is 111 Å². The van der Waals surface area contributed by atoms with Gasteiger partial charge in [-0.05, 0) is 29.5 Å². The molecule has 0 aliphatic rings. The largest absolute Gasteiger partial charge is 0.457 e. The lowest BCUT2D eigenvalue weighted by Gasteiger charge is -2.08. The molecule has 0 aliphatic carbocycles. The summed E-state index contributed by atoms with van der Waals surface area (Å²) >= 11 is 1.67. The molecule has 1 aromatic carbocycles. The van der Waals surface area contributed by atoms with Crippen molar-refractivity contribution in [2.24, 2.45) is 0 Å². The third kappa shape index (κ3) is 2.87. The Kier molecular flexibility index (Phi) is 3.95. The molecule has 0 amide bonds. The molecule has 0 unspecified atom stereocenters. The Bertz CT molecular complexity index is 556. The molecule has 0 atom stereocenters. The van der Waals surface area contributed by atoms with Crippen molar-refractivity contribution < 1.29 is 9.53 Å². The summed E-state index contributed by atoms with van der Waals surface area (Å²) in [7, 11) is 0. The summed E-state index contributed by atoms with van der Waals surface area (Å²) in [5, 5.41) is 2.03. The van der Waals surface area contributed by atoms with Crippen LogP contribution in [0.2, 0.25) is 0 Å². The fraction of sp³-hybridized carbons (Fsp3) is 0.133. The van der Waals surface area contributed by atoms with E-state index < -0.39 is 0 Å². The number of ether oxygens (including phenoxy) is 1. The molecule has 2 rings (SSSR count). The van der Waals surface area contributed by atoms with Gasteiger partial charge in [0.15, 0.2) is 0 Å². The first-order chi connectivity index (χ1) is 8.68. The highest BCUT2D eigenvalue weighted by atomic mass is 32.1. The molecule has 0 fully saturated rings. The van der Waals surface area contributed by atoms with Crippen molar-refractivity contribution in [3.8, 4) is 10.4 Å². The molecule has 1 heterocycles. The van der Waals surface area contributed by atoms with Gasteiger partial charge in [0.1, 0.15) is 6.61 Å². The number of benzene rings is 1. The molecule has 2 nitrogen and oxygen atoms in total. The van der Waals surface area contributed by atoms with Crippen molar-refractivity contribution in [1.29, 1.82) is 0 Å². The van der Waals surface area contributed by atoms with Crippen LogP contribution in [0.4, 0.5) is 0 Å². The normalized spacial score (nSPS) is 10.1. The van der Waals surface area contributed by atoms with Gasteiger partial charge >= 0.3 is 5.97 Å². The number of hydrogen-bond donors (Lipinski definition) is 0. The van der Waals surface area contributed by atoms with Crippen LogP contribution >= 0.6 is 11.3 Å². The van der Waals surface area contributed by atoms with E-state index in [1.165, 1.54) is 4.88 Å². The summed E-state index contributed by atoms with van der Waals surface area (Å²) in [6.45, 7) is 5.49. The first kappa shape index (κ1) is 12.6. The van der Waals surface area contributed by atoms with Gasteiger partial charge in [-0.2, -0.15) is 0 Å². The van der Waals surface area contributed by atoms with Crippen molar-refractivity contribution in [3.63, 3.8) is 0 Å². The molecule has 0 saturated heterocycles. The predicted octanol–water partition coefficient (Wildman–Crippen LogP) is 4.03. The average molecular weight is 258 g/mol. The Morgan fingerprint density at radius 3 is 2.72 bits per heavy atom. The van der Waals surface area contributed by atoms with E-state index in [4.69, 9.17) is 4.74 Å². The molecule has 92 valence electrons. The Morgan fingerprint density at radius 2 is 2.06 bits per heavy atom.